The van der Waals surface area contributed by atoms with Crippen molar-refractivity contribution < 1.29 is 14.3 Å². The Hall–Kier alpha value is -1.79. The van der Waals surface area contributed by atoms with Gasteiger partial charge in [-0.1, -0.05) is 0 Å². The van der Waals surface area contributed by atoms with Crippen molar-refractivity contribution in [2.24, 2.45) is 5.92 Å². The van der Waals surface area contributed by atoms with Gasteiger partial charge < -0.3 is 14.4 Å². The van der Waals surface area contributed by atoms with Gasteiger partial charge in [-0.25, -0.2) is 0 Å². The zero-order chi connectivity index (χ0) is 19.0. The van der Waals surface area contributed by atoms with Crippen LogP contribution in [0.5, 0.6) is 11.5 Å². The minimum Gasteiger partial charge on any atom is -0.486 e. The summed E-state index contributed by atoms with van der Waals surface area (Å²) in [5, 5.41) is 0. The van der Waals surface area contributed by atoms with Gasteiger partial charge in [-0.2, -0.15) is 0 Å². The predicted octanol–water partition coefficient (Wildman–Crippen LogP) is 1.75. The molecule has 4 aliphatic heterocycles. The number of carbonyl (C=O) groups is 1. The number of hydrogen-bond acceptors (Lipinski definition) is 5. The van der Waals surface area contributed by atoms with Gasteiger partial charge in [0, 0.05) is 46.3 Å². The number of piperidine rings is 1. The maximum absolute atomic E-state index is 12.2. The number of benzene rings is 1. The molecule has 3 fully saturated rings. The van der Waals surface area contributed by atoms with E-state index in [2.05, 4.69) is 28.9 Å². The Kier molecular flexibility index (Phi) is 5.28. The Morgan fingerprint density at radius 2 is 1.85 bits per heavy atom. The van der Waals surface area contributed by atoms with E-state index in [1.54, 1.807) is 4.90 Å². The molecule has 6 heteroatoms. The van der Waals surface area contributed by atoms with Gasteiger partial charge in [0.15, 0.2) is 11.5 Å². The van der Waals surface area contributed by atoms with Crippen LogP contribution in [0.25, 0.3) is 0 Å². The van der Waals surface area contributed by atoms with Crippen molar-refractivity contribution in [3.05, 3.63) is 23.3 Å². The summed E-state index contributed by atoms with van der Waals surface area (Å²) < 4.78 is 11.5. The Morgan fingerprint density at radius 1 is 1.11 bits per heavy atom. The molecule has 148 valence electrons. The third-order valence-electron chi connectivity index (χ3n) is 6.13. The first-order chi connectivity index (χ1) is 13.0. The highest BCUT2D eigenvalue weighted by Crippen LogP contribution is 2.35. The van der Waals surface area contributed by atoms with Crippen LogP contribution in [0, 0.1) is 12.8 Å². The van der Waals surface area contributed by atoms with Crippen LogP contribution in [0.1, 0.15) is 24.0 Å². The van der Waals surface area contributed by atoms with E-state index in [-0.39, 0.29) is 5.91 Å². The second kappa shape index (κ2) is 7.68. The van der Waals surface area contributed by atoms with Crippen molar-refractivity contribution >= 4 is 5.91 Å². The van der Waals surface area contributed by atoms with Crippen LogP contribution < -0.4 is 9.47 Å². The Bertz CT molecular complexity index is 706. The SMILES string of the molecule is Cc1cc2c(cc1CN1C[C@@H]3CC[C@H]1CN(CC(=O)N(C)C)C3)OCCO2. The normalized spacial score (nSPS) is 25.3. The Labute approximate surface area is 162 Å². The van der Waals surface area contributed by atoms with Crippen LogP contribution in [0.3, 0.4) is 0 Å². The number of carbonyl (C=O) groups excluding carboxylic acids is 1. The molecule has 0 unspecified atom stereocenters. The number of aryl methyl sites for hydroxylation is 1. The third kappa shape index (κ3) is 4.06. The molecule has 4 aliphatic rings. The molecule has 0 N–H and O–H groups in total. The Balaban J connectivity index is 1.47. The summed E-state index contributed by atoms with van der Waals surface area (Å²) in [4.78, 5) is 18.8. The summed E-state index contributed by atoms with van der Waals surface area (Å²) in [6.07, 6.45) is 2.49. The van der Waals surface area contributed by atoms with E-state index in [1.807, 2.05) is 14.1 Å². The van der Waals surface area contributed by atoms with Crippen molar-refractivity contribution in [1.29, 1.82) is 0 Å². The van der Waals surface area contributed by atoms with E-state index in [4.69, 9.17) is 9.47 Å². The average molecular weight is 373 g/mol. The van der Waals surface area contributed by atoms with Gasteiger partial charge in [0.25, 0.3) is 0 Å². The zero-order valence-electron chi connectivity index (χ0n) is 16.7. The average Bonchev–Trinajstić information content (AvgIpc) is 2.92. The molecular weight excluding hydrogens is 342 g/mol. The molecular formula is C21H31N3O3. The molecule has 0 radical (unpaired) electrons. The molecule has 1 aromatic carbocycles. The lowest BCUT2D eigenvalue weighted by atomic mass is 9.94. The molecule has 0 saturated carbocycles. The maximum Gasteiger partial charge on any atom is 0.236 e. The number of fused-ring (bicyclic) bond motifs is 5. The van der Waals surface area contributed by atoms with Crippen LogP contribution in [-0.2, 0) is 11.3 Å². The quantitative estimate of drug-likeness (QED) is 0.805. The van der Waals surface area contributed by atoms with E-state index in [9.17, 15) is 4.79 Å². The molecule has 1 aromatic rings. The summed E-state index contributed by atoms with van der Waals surface area (Å²) in [6, 6.07) is 4.80. The highest BCUT2D eigenvalue weighted by Gasteiger charge is 2.35. The van der Waals surface area contributed by atoms with Crippen molar-refractivity contribution in [1.82, 2.24) is 14.7 Å². The zero-order valence-corrected chi connectivity index (χ0v) is 16.7. The number of hydrogen-bond donors (Lipinski definition) is 0. The first-order valence-electron chi connectivity index (χ1n) is 10.1. The topological polar surface area (TPSA) is 45.2 Å². The van der Waals surface area contributed by atoms with Gasteiger partial charge in [0.05, 0.1) is 6.54 Å². The van der Waals surface area contributed by atoms with E-state index in [0.29, 0.717) is 31.7 Å². The van der Waals surface area contributed by atoms with Crippen molar-refractivity contribution in [3.8, 4) is 11.5 Å². The molecule has 0 aromatic heterocycles. The second-order valence-electron chi connectivity index (χ2n) is 8.43. The maximum atomic E-state index is 12.2. The van der Waals surface area contributed by atoms with Crippen LogP contribution >= 0.6 is 0 Å². The van der Waals surface area contributed by atoms with Crippen LogP contribution in [-0.4, -0.2) is 80.1 Å². The van der Waals surface area contributed by atoms with Crippen LogP contribution in [0.2, 0.25) is 0 Å². The number of rotatable bonds is 4. The fraction of sp³-hybridized carbons (Fsp3) is 0.667. The Morgan fingerprint density at radius 3 is 2.59 bits per heavy atom. The smallest absolute Gasteiger partial charge is 0.236 e. The first-order valence-corrected chi connectivity index (χ1v) is 10.1. The lowest BCUT2D eigenvalue weighted by Gasteiger charge is -2.36. The summed E-state index contributed by atoms with van der Waals surface area (Å²) in [6.45, 7) is 8.03. The number of nitrogens with zero attached hydrogens (tertiary/aromatic N) is 3. The molecule has 3 saturated heterocycles. The van der Waals surface area contributed by atoms with Gasteiger partial charge in [0.1, 0.15) is 13.2 Å². The molecule has 6 nitrogen and oxygen atoms in total. The van der Waals surface area contributed by atoms with Crippen LogP contribution in [0.4, 0.5) is 0 Å². The summed E-state index contributed by atoms with van der Waals surface area (Å²) >= 11 is 0. The number of likely N-dealkylation sites (N-methyl/N-ethyl adjacent to an activating group) is 1. The van der Waals surface area contributed by atoms with E-state index in [1.165, 1.54) is 24.0 Å². The molecule has 4 heterocycles. The molecule has 5 rings (SSSR count). The van der Waals surface area contributed by atoms with Crippen molar-refractivity contribution in [3.63, 3.8) is 0 Å². The highest BCUT2D eigenvalue weighted by atomic mass is 16.6. The lowest BCUT2D eigenvalue weighted by molar-refractivity contribution is -0.130. The highest BCUT2D eigenvalue weighted by molar-refractivity contribution is 5.77. The summed E-state index contributed by atoms with van der Waals surface area (Å²) in [5.41, 5.74) is 2.58. The number of amides is 1. The molecule has 1 amide bonds. The second-order valence-corrected chi connectivity index (χ2v) is 8.43. The lowest BCUT2D eigenvalue weighted by Crippen LogP contribution is -2.44. The fourth-order valence-electron chi connectivity index (χ4n) is 4.55. The van der Waals surface area contributed by atoms with Crippen LogP contribution in [0.15, 0.2) is 12.1 Å². The standard InChI is InChI=1S/C21H31N3O3/c1-15-8-19-20(27-7-6-26-19)9-17(15)12-24-11-16-4-5-18(24)13-23(10-16)14-21(25)22(2)3/h8-9,16,18H,4-7,10-14H2,1-3H3/t16-,18+/m1/s1. The van der Waals surface area contributed by atoms with Gasteiger partial charge in [-0.15, -0.1) is 0 Å². The van der Waals surface area contributed by atoms with Gasteiger partial charge in [-0.3, -0.25) is 14.6 Å². The molecule has 0 spiro atoms. The van der Waals surface area contributed by atoms with Gasteiger partial charge >= 0.3 is 0 Å². The summed E-state index contributed by atoms with van der Waals surface area (Å²) in [7, 11) is 3.68. The van der Waals surface area contributed by atoms with E-state index in [0.717, 1.165) is 37.7 Å². The van der Waals surface area contributed by atoms with Gasteiger partial charge in [0.2, 0.25) is 5.91 Å². The van der Waals surface area contributed by atoms with Gasteiger partial charge in [-0.05, 0) is 48.9 Å². The fourth-order valence-corrected chi connectivity index (χ4v) is 4.55. The molecule has 2 bridgehead atoms. The molecule has 2 atom stereocenters. The first kappa shape index (κ1) is 18.6. The predicted molar refractivity (Wildman–Crippen MR) is 104 cm³/mol. The largest absolute Gasteiger partial charge is 0.486 e. The monoisotopic (exact) mass is 373 g/mol. The molecule has 0 aliphatic carbocycles. The molecule has 27 heavy (non-hydrogen) atoms. The minimum absolute atomic E-state index is 0.200. The van der Waals surface area contributed by atoms with E-state index >= 15 is 0 Å². The summed E-state index contributed by atoms with van der Waals surface area (Å²) in [5.74, 6) is 2.59. The number of ether oxygens (including phenoxy) is 2. The minimum atomic E-state index is 0.200. The third-order valence-corrected chi connectivity index (χ3v) is 6.13. The van der Waals surface area contributed by atoms with Crippen molar-refractivity contribution in [2.45, 2.75) is 32.4 Å². The van der Waals surface area contributed by atoms with Crippen molar-refractivity contribution in [2.75, 3.05) is 53.5 Å². The van der Waals surface area contributed by atoms with E-state index < -0.39 is 0 Å².